The Kier molecular flexibility index (Phi) is 106. The Hall–Kier alpha value is 1.45. The van der Waals surface area contributed by atoms with E-state index in [1.807, 2.05) is 0 Å². The van der Waals surface area contributed by atoms with E-state index >= 15 is 0 Å². The number of aliphatic hydroxyl groups is 1. The van der Waals surface area contributed by atoms with Crippen molar-refractivity contribution in [3.8, 4) is 0 Å². The van der Waals surface area contributed by atoms with Gasteiger partial charge in [-0.1, -0.05) is 13.8 Å². The standard InChI is InChI=1S/C2H6O.2C2H5O.Ba/c3*1-2-3;/h3H,2H2,1H3;2*2H2,1H3;/q;2*-1;+2. The molecule has 0 aromatic heterocycles. The number of hydrogen-bond acceptors (Lipinski definition) is 3. The molecule has 0 aliphatic carbocycles. The molecule has 0 heterocycles. The molecule has 0 fully saturated rings. The van der Waals surface area contributed by atoms with Gasteiger partial charge in [-0.3, -0.25) is 0 Å². The molecule has 0 saturated carbocycles. The Morgan fingerprint density at radius 3 is 1.00 bits per heavy atom. The Morgan fingerprint density at radius 2 is 1.00 bits per heavy atom. The second-order valence-corrected chi connectivity index (χ2v) is 0.894. The first-order chi connectivity index (χ1) is 4.24. The van der Waals surface area contributed by atoms with Gasteiger partial charge in [-0.15, -0.1) is 13.2 Å². The zero-order valence-electron chi connectivity index (χ0n) is 7.09. The summed E-state index contributed by atoms with van der Waals surface area (Å²) in [7, 11) is 0. The Balaban J connectivity index is -0.0000000257. The quantitative estimate of drug-likeness (QED) is 0.538. The first kappa shape index (κ1) is 22.5. The first-order valence-corrected chi connectivity index (χ1v) is 3.01. The molecule has 3 nitrogen and oxygen atoms in total. The fraction of sp³-hybridized carbons (Fsp3) is 1.00. The Labute approximate surface area is 104 Å². The van der Waals surface area contributed by atoms with Gasteiger partial charge in [0.05, 0.1) is 0 Å². The van der Waals surface area contributed by atoms with Gasteiger partial charge < -0.3 is 15.3 Å². The van der Waals surface area contributed by atoms with Crippen molar-refractivity contribution < 1.29 is 15.3 Å². The number of aliphatic hydroxyl groups excluding tert-OH is 1. The predicted molar refractivity (Wildman–Crippen MR) is 39.6 cm³/mol. The third kappa shape index (κ3) is 320. The van der Waals surface area contributed by atoms with Crippen molar-refractivity contribution in [2.24, 2.45) is 0 Å². The van der Waals surface area contributed by atoms with Crippen LogP contribution in [0.15, 0.2) is 0 Å². The van der Waals surface area contributed by atoms with Gasteiger partial charge in [0.15, 0.2) is 0 Å². The van der Waals surface area contributed by atoms with Gasteiger partial charge in [-0.05, 0) is 6.92 Å². The SMILES string of the molecule is CCO.CC[O-].CC[O-].[Ba+2]. The normalized spacial score (nSPS) is 5.40. The van der Waals surface area contributed by atoms with E-state index in [9.17, 15) is 0 Å². The molecular weight excluding hydrogens is 257 g/mol. The van der Waals surface area contributed by atoms with Crippen molar-refractivity contribution >= 4 is 48.9 Å². The van der Waals surface area contributed by atoms with Crippen LogP contribution < -0.4 is 10.2 Å². The molecule has 0 aromatic rings. The third-order valence-corrected chi connectivity index (χ3v) is 0. The maximum atomic E-state index is 8.93. The molecule has 0 aliphatic heterocycles. The van der Waals surface area contributed by atoms with Gasteiger partial charge in [0.1, 0.15) is 0 Å². The zero-order chi connectivity index (χ0) is 8.12. The Bertz CT molecular complexity index is 17.7. The molecule has 0 saturated heterocycles. The first-order valence-electron chi connectivity index (χ1n) is 3.01. The van der Waals surface area contributed by atoms with Crippen molar-refractivity contribution in [3.63, 3.8) is 0 Å². The summed E-state index contributed by atoms with van der Waals surface area (Å²) >= 11 is 0. The van der Waals surface area contributed by atoms with E-state index in [0.29, 0.717) is 0 Å². The van der Waals surface area contributed by atoms with Gasteiger partial charge in [0.2, 0.25) is 0 Å². The molecule has 0 aliphatic rings. The van der Waals surface area contributed by atoms with Crippen molar-refractivity contribution in [3.05, 3.63) is 0 Å². The summed E-state index contributed by atoms with van der Waals surface area (Å²) in [6, 6.07) is 0. The summed E-state index contributed by atoms with van der Waals surface area (Å²) < 4.78 is 0. The molecule has 0 amide bonds. The van der Waals surface area contributed by atoms with E-state index in [2.05, 4.69) is 0 Å². The van der Waals surface area contributed by atoms with Gasteiger partial charge in [-0.25, -0.2) is 0 Å². The van der Waals surface area contributed by atoms with E-state index < -0.39 is 0 Å². The van der Waals surface area contributed by atoms with E-state index in [1.54, 1.807) is 20.8 Å². The molecule has 0 spiro atoms. The minimum atomic E-state index is 0. The summed E-state index contributed by atoms with van der Waals surface area (Å²) in [6.45, 7) is 5.07. The average Bonchev–Trinajstić information content (AvgIpc) is 1.70. The minimum absolute atomic E-state index is 0. The van der Waals surface area contributed by atoms with E-state index in [4.69, 9.17) is 15.3 Å². The minimum Gasteiger partial charge on any atom is -0.855 e. The van der Waals surface area contributed by atoms with Gasteiger partial charge in [0.25, 0.3) is 0 Å². The molecule has 0 unspecified atom stereocenters. The number of rotatable bonds is 0. The molecule has 4 heteroatoms. The molecule has 0 atom stereocenters. The predicted octanol–water partition coefficient (Wildman–Crippen LogP) is -1.65. The van der Waals surface area contributed by atoms with Crippen LogP contribution in [-0.4, -0.2) is 73.8 Å². The molecule has 0 aromatic carbocycles. The van der Waals surface area contributed by atoms with E-state index in [1.165, 1.54) is 0 Å². The van der Waals surface area contributed by atoms with Crippen LogP contribution >= 0.6 is 0 Å². The molecule has 0 bridgehead atoms. The van der Waals surface area contributed by atoms with Gasteiger partial charge in [0, 0.05) is 6.61 Å². The van der Waals surface area contributed by atoms with Gasteiger partial charge in [-0.2, -0.15) is 0 Å². The van der Waals surface area contributed by atoms with Crippen LogP contribution in [0.25, 0.3) is 0 Å². The van der Waals surface area contributed by atoms with Crippen molar-refractivity contribution in [1.29, 1.82) is 0 Å². The zero-order valence-corrected chi connectivity index (χ0v) is 11.5. The summed E-state index contributed by atoms with van der Waals surface area (Å²) in [4.78, 5) is 0. The summed E-state index contributed by atoms with van der Waals surface area (Å²) in [5, 5.41) is 25.4. The average molecular weight is 274 g/mol. The van der Waals surface area contributed by atoms with Crippen LogP contribution in [0, 0.1) is 0 Å². The van der Waals surface area contributed by atoms with Gasteiger partial charge >= 0.3 is 48.9 Å². The van der Waals surface area contributed by atoms with E-state index in [-0.39, 0.29) is 68.7 Å². The summed E-state index contributed by atoms with van der Waals surface area (Å²) in [5.41, 5.74) is 0. The molecular formula is C6H16BaO3. The van der Waals surface area contributed by atoms with E-state index in [0.717, 1.165) is 0 Å². The maximum Gasteiger partial charge on any atom is 2.00 e. The maximum absolute atomic E-state index is 8.93. The third-order valence-electron chi connectivity index (χ3n) is 0. The fourth-order valence-electron chi connectivity index (χ4n) is 0. The Morgan fingerprint density at radius 1 is 1.00 bits per heavy atom. The van der Waals surface area contributed by atoms with Crippen molar-refractivity contribution in [2.45, 2.75) is 20.8 Å². The smallest absolute Gasteiger partial charge is 0.855 e. The van der Waals surface area contributed by atoms with Crippen LogP contribution in [0.1, 0.15) is 20.8 Å². The second kappa shape index (κ2) is 47.1. The number of hydrogen-bond donors (Lipinski definition) is 1. The molecule has 60 valence electrons. The van der Waals surface area contributed by atoms with Crippen LogP contribution in [0.2, 0.25) is 0 Å². The van der Waals surface area contributed by atoms with Crippen molar-refractivity contribution in [2.75, 3.05) is 19.8 Å². The van der Waals surface area contributed by atoms with Crippen LogP contribution in [-0.2, 0) is 0 Å². The second-order valence-electron chi connectivity index (χ2n) is 0.894. The topological polar surface area (TPSA) is 66.3 Å². The van der Waals surface area contributed by atoms with Crippen molar-refractivity contribution in [1.82, 2.24) is 0 Å². The van der Waals surface area contributed by atoms with Crippen LogP contribution in [0.5, 0.6) is 0 Å². The van der Waals surface area contributed by atoms with Crippen LogP contribution in [0.4, 0.5) is 0 Å². The molecule has 1 N–H and O–H groups in total. The molecule has 10 heavy (non-hydrogen) atoms. The largest absolute Gasteiger partial charge is 2.00 e. The van der Waals surface area contributed by atoms with Crippen LogP contribution in [0.3, 0.4) is 0 Å². The summed E-state index contributed by atoms with van der Waals surface area (Å²) in [6.07, 6.45) is 0. The monoisotopic (exact) mass is 274 g/mol. The summed E-state index contributed by atoms with van der Waals surface area (Å²) in [5.74, 6) is 0. The fourth-order valence-corrected chi connectivity index (χ4v) is 0. The molecule has 0 radical (unpaired) electrons. The molecule has 0 rings (SSSR count).